The van der Waals surface area contributed by atoms with Gasteiger partial charge in [0.15, 0.2) is 0 Å². The first-order valence-corrected chi connectivity index (χ1v) is 7.99. The van der Waals surface area contributed by atoms with Crippen LogP contribution in [0.1, 0.15) is 17.1 Å². The van der Waals surface area contributed by atoms with E-state index in [1.54, 1.807) is 19.9 Å². The lowest BCUT2D eigenvalue weighted by Crippen LogP contribution is -2.14. The smallest absolute Gasteiger partial charge is 0.265 e. The van der Waals surface area contributed by atoms with Gasteiger partial charge in [0.1, 0.15) is 4.90 Å². The van der Waals surface area contributed by atoms with Crippen LogP contribution in [0, 0.1) is 20.8 Å². The van der Waals surface area contributed by atoms with Crippen molar-refractivity contribution in [1.29, 1.82) is 0 Å². The molecule has 0 spiro atoms. The molecule has 0 aliphatic rings. The second-order valence-electron chi connectivity index (χ2n) is 5.09. The van der Waals surface area contributed by atoms with Crippen LogP contribution in [0.4, 0.5) is 5.69 Å². The number of aromatic nitrogens is 3. The molecule has 7 heteroatoms. The molecule has 2 heterocycles. The van der Waals surface area contributed by atoms with Crippen LogP contribution >= 0.6 is 0 Å². The second kappa shape index (κ2) is 4.63. The normalized spacial score (nSPS) is 12.0. The third kappa shape index (κ3) is 2.29. The fraction of sp³-hybridized carbons (Fsp3) is 0.214. The van der Waals surface area contributed by atoms with Crippen LogP contribution in [0.5, 0.6) is 0 Å². The average molecular weight is 304 g/mol. The number of fused-ring (bicyclic) bond motifs is 1. The predicted octanol–water partition coefficient (Wildman–Crippen LogP) is 2.62. The van der Waals surface area contributed by atoms with E-state index in [1.165, 1.54) is 0 Å². The number of aromatic amines is 2. The summed E-state index contributed by atoms with van der Waals surface area (Å²) in [6, 6.07) is 7.39. The van der Waals surface area contributed by atoms with Gasteiger partial charge in [-0.1, -0.05) is 6.07 Å². The summed E-state index contributed by atoms with van der Waals surface area (Å²) in [5.74, 6) is 0. The Morgan fingerprint density at radius 3 is 2.62 bits per heavy atom. The third-order valence-corrected chi connectivity index (χ3v) is 5.00. The minimum Gasteiger partial charge on any atom is -0.359 e. The Hall–Kier alpha value is -2.28. The number of H-pyrrole nitrogens is 2. The SMILES string of the molecule is Cc1cc2c(NS(=O)(=O)c3c(C)n[nH]c3C)cccc2[nH]1. The Labute approximate surface area is 122 Å². The Morgan fingerprint density at radius 1 is 1.19 bits per heavy atom. The summed E-state index contributed by atoms with van der Waals surface area (Å²) < 4.78 is 27.8. The fourth-order valence-corrected chi connectivity index (χ4v) is 3.97. The molecule has 0 atom stereocenters. The van der Waals surface area contributed by atoms with Gasteiger partial charge in [0.2, 0.25) is 0 Å². The first-order chi connectivity index (χ1) is 9.88. The van der Waals surface area contributed by atoms with Gasteiger partial charge in [-0.05, 0) is 39.0 Å². The Bertz CT molecular complexity index is 902. The zero-order valence-electron chi connectivity index (χ0n) is 12.0. The molecule has 0 unspecified atom stereocenters. The van der Waals surface area contributed by atoms with Gasteiger partial charge in [-0.15, -0.1) is 0 Å². The van der Waals surface area contributed by atoms with Gasteiger partial charge in [-0.2, -0.15) is 5.10 Å². The monoisotopic (exact) mass is 304 g/mol. The highest BCUT2D eigenvalue weighted by atomic mass is 32.2. The van der Waals surface area contributed by atoms with Gasteiger partial charge in [0.05, 0.1) is 17.1 Å². The molecular formula is C14H16N4O2S. The molecule has 0 radical (unpaired) electrons. The highest BCUT2D eigenvalue weighted by Gasteiger charge is 2.23. The van der Waals surface area contributed by atoms with E-state index >= 15 is 0 Å². The molecule has 0 aliphatic heterocycles. The van der Waals surface area contributed by atoms with E-state index in [9.17, 15) is 8.42 Å². The first kappa shape index (κ1) is 13.7. The maximum Gasteiger partial charge on any atom is 0.265 e. The molecule has 110 valence electrons. The zero-order valence-corrected chi connectivity index (χ0v) is 12.8. The Balaban J connectivity index is 2.10. The van der Waals surface area contributed by atoms with Crippen LogP contribution in [-0.4, -0.2) is 23.6 Å². The van der Waals surface area contributed by atoms with Crippen molar-refractivity contribution in [3.8, 4) is 0 Å². The van der Waals surface area contributed by atoms with Crippen molar-refractivity contribution in [1.82, 2.24) is 15.2 Å². The molecule has 3 N–H and O–H groups in total. The molecule has 0 saturated carbocycles. The van der Waals surface area contributed by atoms with Crippen molar-refractivity contribution < 1.29 is 8.42 Å². The standard InChI is InChI=1S/C14H16N4O2S/c1-8-7-11-12(15-8)5-4-6-13(11)18-21(19,20)14-9(2)16-17-10(14)3/h4-7,15,18H,1-3H3,(H,16,17). The van der Waals surface area contributed by atoms with E-state index in [4.69, 9.17) is 0 Å². The number of hydrogen-bond donors (Lipinski definition) is 3. The maximum atomic E-state index is 12.6. The van der Waals surface area contributed by atoms with Gasteiger partial charge in [0, 0.05) is 16.6 Å². The molecule has 0 bridgehead atoms. The van der Waals surface area contributed by atoms with Gasteiger partial charge >= 0.3 is 0 Å². The first-order valence-electron chi connectivity index (χ1n) is 6.51. The van der Waals surface area contributed by atoms with Gasteiger partial charge in [-0.3, -0.25) is 9.82 Å². The van der Waals surface area contributed by atoms with Crippen molar-refractivity contribution >= 4 is 26.6 Å². The minimum atomic E-state index is -3.67. The Kier molecular flexibility index (Phi) is 3.02. The fourth-order valence-electron chi connectivity index (χ4n) is 2.52. The number of nitrogens with zero attached hydrogens (tertiary/aromatic N) is 1. The number of rotatable bonds is 3. The summed E-state index contributed by atoms with van der Waals surface area (Å²) in [6.07, 6.45) is 0. The second-order valence-corrected chi connectivity index (χ2v) is 6.71. The van der Waals surface area contributed by atoms with E-state index in [1.807, 2.05) is 25.1 Å². The quantitative estimate of drug-likeness (QED) is 0.694. The molecule has 3 aromatic rings. The largest absolute Gasteiger partial charge is 0.359 e. The molecule has 6 nitrogen and oxygen atoms in total. The highest BCUT2D eigenvalue weighted by molar-refractivity contribution is 7.92. The Morgan fingerprint density at radius 2 is 1.95 bits per heavy atom. The molecule has 2 aromatic heterocycles. The van der Waals surface area contributed by atoms with Crippen LogP contribution in [-0.2, 0) is 10.0 Å². The lowest BCUT2D eigenvalue weighted by Gasteiger charge is -2.09. The van der Waals surface area contributed by atoms with E-state index < -0.39 is 10.0 Å². The number of anilines is 1. The van der Waals surface area contributed by atoms with Crippen LogP contribution in [0.3, 0.4) is 0 Å². The highest BCUT2D eigenvalue weighted by Crippen LogP contribution is 2.27. The topological polar surface area (TPSA) is 90.6 Å². The van der Waals surface area contributed by atoms with Crippen LogP contribution in [0.2, 0.25) is 0 Å². The molecule has 1 aromatic carbocycles. The van der Waals surface area contributed by atoms with Gasteiger partial charge < -0.3 is 4.98 Å². The molecule has 0 aliphatic carbocycles. The van der Waals surface area contributed by atoms with E-state index in [-0.39, 0.29) is 4.90 Å². The third-order valence-electron chi connectivity index (χ3n) is 3.37. The van der Waals surface area contributed by atoms with Crippen LogP contribution in [0.15, 0.2) is 29.2 Å². The van der Waals surface area contributed by atoms with Crippen LogP contribution < -0.4 is 4.72 Å². The number of hydrogen-bond acceptors (Lipinski definition) is 3. The number of nitrogens with one attached hydrogen (secondary N) is 3. The molecule has 21 heavy (non-hydrogen) atoms. The predicted molar refractivity (Wildman–Crippen MR) is 81.9 cm³/mol. The summed E-state index contributed by atoms with van der Waals surface area (Å²) in [5, 5.41) is 7.48. The van der Waals surface area contributed by atoms with Crippen molar-refractivity contribution in [3.63, 3.8) is 0 Å². The molecule has 0 saturated heterocycles. The van der Waals surface area contributed by atoms with Crippen molar-refractivity contribution in [2.45, 2.75) is 25.7 Å². The molecular weight excluding hydrogens is 288 g/mol. The van der Waals surface area contributed by atoms with E-state index in [0.717, 1.165) is 16.6 Å². The summed E-state index contributed by atoms with van der Waals surface area (Å²) in [5.41, 5.74) is 3.41. The number of aryl methyl sites for hydroxylation is 3. The van der Waals surface area contributed by atoms with Gasteiger partial charge in [0.25, 0.3) is 10.0 Å². The van der Waals surface area contributed by atoms with Gasteiger partial charge in [-0.25, -0.2) is 8.42 Å². The maximum absolute atomic E-state index is 12.6. The summed E-state index contributed by atoms with van der Waals surface area (Å²) >= 11 is 0. The zero-order chi connectivity index (χ0) is 15.2. The summed E-state index contributed by atoms with van der Waals surface area (Å²) in [4.78, 5) is 3.39. The lowest BCUT2D eigenvalue weighted by atomic mass is 10.2. The minimum absolute atomic E-state index is 0.201. The number of sulfonamides is 1. The van der Waals surface area contributed by atoms with E-state index in [2.05, 4.69) is 19.9 Å². The summed E-state index contributed by atoms with van der Waals surface area (Å²) in [7, 11) is -3.67. The lowest BCUT2D eigenvalue weighted by molar-refractivity contribution is 0.600. The van der Waals surface area contributed by atoms with Crippen molar-refractivity contribution in [2.75, 3.05) is 4.72 Å². The summed E-state index contributed by atoms with van der Waals surface area (Å²) in [6.45, 7) is 5.29. The molecule has 0 fully saturated rings. The number of benzene rings is 1. The molecule has 0 amide bonds. The van der Waals surface area contributed by atoms with Crippen LogP contribution in [0.25, 0.3) is 10.9 Å². The van der Waals surface area contributed by atoms with E-state index in [0.29, 0.717) is 17.1 Å². The average Bonchev–Trinajstić information content (AvgIpc) is 2.92. The van der Waals surface area contributed by atoms with Crippen molar-refractivity contribution in [2.24, 2.45) is 0 Å². The molecule has 3 rings (SSSR count). The van der Waals surface area contributed by atoms with Crippen molar-refractivity contribution in [3.05, 3.63) is 41.3 Å².